The van der Waals surface area contributed by atoms with Crippen molar-refractivity contribution in [3.05, 3.63) is 71.8 Å². The minimum absolute atomic E-state index is 0.188. The van der Waals surface area contributed by atoms with Gasteiger partial charge >= 0.3 is 0 Å². The van der Waals surface area contributed by atoms with Gasteiger partial charge in [0.1, 0.15) is 5.75 Å². The molecule has 24 heavy (non-hydrogen) atoms. The Morgan fingerprint density at radius 1 is 0.958 bits per heavy atom. The molecule has 2 N–H and O–H groups in total. The van der Waals surface area contributed by atoms with Gasteiger partial charge in [-0.3, -0.25) is 9.59 Å². The number of rotatable bonds is 7. The first-order valence-electron chi connectivity index (χ1n) is 7.62. The number of ether oxygens (including phenoxy) is 1. The van der Waals surface area contributed by atoms with Crippen molar-refractivity contribution >= 4 is 17.9 Å². The zero-order chi connectivity index (χ0) is 17.2. The van der Waals surface area contributed by atoms with Crippen molar-refractivity contribution in [1.82, 2.24) is 10.6 Å². The first-order chi connectivity index (χ1) is 11.7. The quantitative estimate of drug-likeness (QED) is 0.606. The molecule has 0 radical (unpaired) electrons. The molecule has 0 aliphatic carbocycles. The van der Waals surface area contributed by atoms with E-state index in [2.05, 4.69) is 10.6 Å². The van der Waals surface area contributed by atoms with Gasteiger partial charge in [-0.25, -0.2) is 0 Å². The normalized spacial score (nSPS) is 10.4. The summed E-state index contributed by atoms with van der Waals surface area (Å²) in [4.78, 5) is 23.6. The smallest absolute Gasteiger partial charge is 0.251 e. The number of benzene rings is 2. The second-order valence-electron chi connectivity index (χ2n) is 5.02. The van der Waals surface area contributed by atoms with Gasteiger partial charge in [-0.1, -0.05) is 30.3 Å². The number of amides is 2. The Labute approximate surface area is 141 Å². The highest BCUT2D eigenvalue weighted by Gasteiger charge is 2.04. The summed E-state index contributed by atoms with van der Waals surface area (Å²) >= 11 is 0. The summed E-state index contributed by atoms with van der Waals surface area (Å²) < 4.78 is 5.04. The SMILES string of the molecule is COc1ccc(C(=O)NCCNC(=O)C=Cc2ccccc2)cc1. The second-order valence-corrected chi connectivity index (χ2v) is 5.02. The minimum atomic E-state index is -0.197. The first-order valence-corrected chi connectivity index (χ1v) is 7.62. The van der Waals surface area contributed by atoms with Gasteiger partial charge in [-0.05, 0) is 35.9 Å². The third kappa shape index (κ3) is 5.61. The largest absolute Gasteiger partial charge is 0.497 e. The number of nitrogens with one attached hydrogen (secondary N) is 2. The van der Waals surface area contributed by atoms with Crippen molar-refractivity contribution in [3.8, 4) is 5.75 Å². The minimum Gasteiger partial charge on any atom is -0.497 e. The molecule has 0 bridgehead atoms. The lowest BCUT2D eigenvalue weighted by Crippen LogP contribution is -2.33. The van der Waals surface area contributed by atoms with Crippen molar-refractivity contribution in [2.45, 2.75) is 0 Å². The number of carbonyl (C=O) groups is 2. The van der Waals surface area contributed by atoms with Gasteiger partial charge in [0.05, 0.1) is 7.11 Å². The second kappa shape index (κ2) is 9.15. The van der Waals surface area contributed by atoms with E-state index in [4.69, 9.17) is 4.74 Å². The van der Waals surface area contributed by atoms with Crippen molar-refractivity contribution in [3.63, 3.8) is 0 Å². The molecule has 0 unspecified atom stereocenters. The van der Waals surface area contributed by atoms with Crippen LogP contribution in [0, 0.1) is 0 Å². The van der Waals surface area contributed by atoms with Crippen molar-refractivity contribution < 1.29 is 14.3 Å². The zero-order valence-corrected chi connectivity index (χ0v) is 13.5. The van der Waals surface area contributed by atoms with E-state index in [0.29, 0.717) is 24.4 Å². The summed E-state index contributed by atoms with van der Waals surface area (Å²) in [5.74, 6) is 0.313. The predicted octanol–water partition coefficient (Wildman–Crippen LogP) is 2.25. The molecular formula is C19H20N2O3. The maximum Gasteiger partial charge on any atom is 0.251 e. The summed E-state index contributed by atoms with van der Waals surface area (Å²) in [6.45, 7) is 0.718. The monoisotopic (exact) mass is 324 g/mol. The maximum atomic E-state index is 11.9. The number of hydrogen-bond donors (Lipinski definition) is 2. The van der Waals surface area contributed by atoms with Crippen molar-refractivity contribution in [2.75, 3.05) is 20.2 Å². The Morgan fingerprint density at radius 2 is 1.62 bits per heavy atom. The van der Waals surface area contributed by atoms with E-state index in [0.717, 1.165) is 5.56 Å². The Hall–Kier alpha value is -3.08. The highest BCUT2D eigenvalue weighted by molar-refractivity contribution is 5.94. The fourth-order valence-corrected chi connectivity index (χ4v) is 2.00. The molecule has 124 valence electrons. The Bertz CT molecular complexity index is 694. The van der Waals surface area contributed by atoms with E-state index in [9.17, 15) is 9.59 Å². The van der Waals surface area contributed by atoms with Gasteiger partial charge in [0.2, 0.25) is 5.91 Å². The third-order valence-electron chi connectivity index (χ3n) is 3.29. The Kier molecular flexibility index (Phi) is 6.58. The molecule has 2 aromatic carbocycles. The van der Waals surface area contributed by atoms with Gasteiger partial charge < -0.3 is 15.4 Å². The average molecular weight is 324 g/mol. The van der Waals surface area contributed by atoms with Crippen LogP contribution < -0.4 is 15.4 Å². The van der Waals surface area contributed by atoms with Crippen LogP contribution in [0.3, 0.4) is 0 Å². The first kappa shape index (κ1) is 17.3. The lowest BCUT2D eigenvalue weighted by molar-refractivity contribution is -0.116. The summed E-state index contributed by atoms with van der Waals surface area (Å²) in [6, 6.07) is 16.4. The molecule has 2 aromatic rings. The van der Waals surface area contributed by atoms with Gasteiger partial charge in [-0.2, -0.15) is 0 Å². The molecule has 0 fully saturated rings. The lowest BCUT2D eigenvalue weighted by Gasteiger charge is -2.06. The molecule has 0 aliphatic heterocycles. The molecule has 2 rings (SSSR count). The van der Waals surface area contributed by atoms with E-state index in [1.165, 1.54) is 6.08 Å². The topological polar surface area (TPSA) is 67.4 Å². The molecule has 0 atom stereocenters. The van der Waals surface area contributed by atoms with Gasteiger partial charge in [-0.15, -0.1) is 0 Å². The number of hydrogen-bond acceptors (Lipinski definition) is 3. The van der Waals surface area contributed by atoms with Crippen LogP contribution >= 0.6 is 0 Å². The molecule has 0 aromatic heterocycles. The van der Waals surface area contributed by atoms with E-state index in [1.807, 2.05) is 30.3 Å². The molecule has 0 aliphatic rings. The fraction of sp³-hybridized carbons (Fsp3) is 0.158. The maximum absolute atomic E-state index is 11.9. The zero-order valence-electron chi connectivity index (χ0n) is 13.5. The van der Waals surface area contributed by atoms with Crippen LogP contribution in [-0.4, -0.2) is 32.0 Å². The Balaban J connectivity index is 1.69. The van der Waals surface area contributed by atoms with Crippen molar-refractivity contribution in [2.24, 2.45) is 0 Å². The van der Waals surface area contributed by atoms with E-state index >= 15 is 0 Å². The molecule has 0 saturated heterocycles. The average Bonchev–Trinajstić information content (AvgIpc) is 2.64. The molecular weight excluding hydrogens is 304 g/mol. The number of carbonyl (C=O) groups excluding carboxylic acids is 2. The molecule has 0 spiro atoms. The van der Waals surface area contributed by atoms with E-state index in [-0.39, 0.29) is 11.8 Å². The van der Waals surface area contributed by atoms with Crippen LogP contribution in [0.25, 0.3) is 6.08 Å². The number of methoxy groups -OCH3 is 1. The summed E-state index contributed by atoms with van der Waals surface area (Å²) in [5.41, 5.74) is 1.51. The molecule has 5 nitrogen and oxygen atoms in total. The lowest BCUT2D eigenvalue weighted by atomic mass is 10.2. The van der Waals surface area contributed by atoms with Gasteiger partial charge in [0.25, 0.3) is 5.91 Å². The molecule has 0 heterocycles. The van der Waals surface area contributed by atoms with Crippen molar-refractivity contribution in [1.29, 1.82) is 0 Å². The van der Waals surface area contributed by atoms with Gasteiger partial charge in [0.15, 0.2) is 0 Å². The standard InChI is InChI=1S/C19H20N2O3/c1-24-17-10-8-16(9-11-17)19(23)21-14-13-20-18(22)12-7-15-5-3-2-4-6-15/h2-12H,13-14H2,1H3,(H,20,22)(H,21,23). The van der Waals surface area contributed by atoms with Gasteiger partial charge in [0, 0.05) is 24.7 Å². The summed E-state index contributed by atoms with van der Waals surface area (Å²) in [6.07, 6.45) is 3.21. The molecule has 5 heteroatoms. The van der Waals surface area contributed by atoms with Crippen LogP contribution in [0.2, 0.25) is 0 Å². The molecule has 0 saturated carbocycles. The highest BCUT2D eigenvalue weighted by atomic mass is 16.5. The fourth-order valence-electron chi connectivity index (χ4n) is 2.00. The third-order valence-corrected chi connectivity index (χ3v) is 3.29. The van der Waals surface area contributed by atoms with E-state index < -0.39 is 0 Å². The summed E-state index contributed by atoms with van der Waals surface area (Å²) in [7, 11) is 1.57. The van der Waals surface area contributed by atoms with Crippen LogP contribution in [-0.2, 0) is 4.79 Å². The van der Waals surface area contributed by atoms with E-state index in [1.54, 1.807) is 37.5 Å². The Morgan fingerprint density at radius 3 is 2.29 bits per heavy atom. The van der Waals surface area contributed by atoms with Crippen LogP contribution in [0.4, 0.5) is 0 Å². The predicted molar refractivity (Wildman–Crippen MR) is 93.8 cm³/mol. The summed E-state index contributed by atoms with van der Waals surface area (Å²) in [5, 5.41) is 5.46. The van der Waals surface area contributed by atoms with Crippen LogP contribution in [0.15, 0.2) is 60.7 Å². The van der Waals surface area contributed by atoms with Crippen LogP contribution in [0.5, 0.6) is 5.75 Å². The highest BCUT2D eigenvalue weighted by Crippen LogP contribution is 2.10. The molecule has 2 amide bonds. The van der Waals surface area contributed by atoms with Crippen LogP contribution in [0.1, 0.15) is 15.9 Å².